The maximum Gasteiger partial charge on any atom is 0.334 e. The molecule has 0 unspecified atom stereocenters. The summed E-state index contributed by atoms with van der Waals surface area (Å²) in [4.78, 5) is 0. The summed E-state index contributed by atoms with van der Waals surface area (Å²) in [6.07, 6.45) is 1.57. The topological polar surface area (TPSA) is 44.8 Å². The van der Waals surface area contributed by atoms with Crippen molar-refractivity contribution in [2.24, 2.45) is 0 Å². The molecule has 0 aliphatic heterocycles. The maximum atomic E-state index is 11.7. The van der Waals surface area contributed by atoms with Crippen LogP contribution in [0.5, 0.6) is 0 Å². The Hall–Kier alpha value is -0.310. The summed E-state index contributed by atoms with van der Waals surface area (Å²) in [5.74, 6) is 0. The number of ether oxygens (including phenoxy) is 1. The van der Waals surface area contributed by atoms with E-state index in [0.717, 1.165) is 0 Å². The lowest BCUT2D eigenvalue weighted by Crippen LogP contribution is -2.04. The van der Waals surface area contributed by atoms with Crippen molar-refractivity contribution in [2.75, 3.05) is 26.0 Å². The van der Waals surface area contributed by atoms with Gasteiger partial charge in [-0.3, -0.25) is 4.57 Å². The Balaban J connectivity index is 3.91. The van der Waals surface area contributed by atoms with E-state index >= 15 is 0 Å². The second-order valence-electron chi connectivity index (χ2n) is 2.21. The highest BCUT2D eigenvalue weighted by molar-refractivity contribution is 7.53. The molecule has 0 aromatic carbocycles. The van der Waals surface area contributed by atoms with Crippen LogP contribution in [0.25, 0.3) is 0 Å². The molecule has 78 valence electrons. The van der Waals surface area contributed by atoms with Gasteiger partial charge in [-0.2, -0.15) is 0 Å². The second-order valence-corrected chi connectivity index (χ2v) is 4.39. The van der Waals surface area contributed by atoms with Crippen LogP contribution in [-0.2, 0) is 18.3 Å². The molecule has 0 saturated carbocycles. The van der Waals surface area contributed by atoms with Crippen LogP contribution >= 0.6 is 7.60 Å². The van der Waals surface area contributed by atoms with Gasteiger partial charge in [0.2, 0.25) is 0 Å². The molecule has 0 aliphatic rings. The SMILES string of the molecule is C=COCCP(=O)(OCC)OCC. The molecule has 0 aromatic heterocycles. The van der Waals surface area contributed by atoms with Crippen molar-refractivity contribution in [3.63, 3.8) is 0 Å². The molecule has 0 bridgehead atoms. The Morgan fingerprint density at radius 2 is 1.85 bits per heavy atom. The standard InChI is InChI=1S/C8H17O4P/c1-4-10-7-8-13(9,11-5-2)12-6-3/h4H,1,5-8H2,2-3H3. The van der Waals surface area contributed by atoms with Crippen LogP contribution in [0.2, 0.25) is 0 Å². The first-order chi connectivity index (χ1) is 6.18. The lowest BCUT2D eigenvalue weighted by Gasteiger charge is -2.16. The number of hydrogen-bond donors (Lipinski definition) is 0. The van der Waals surface area contributed by atoms with Gasteiger partial charge < -0.3 is 13.8 Å². The Bertz CT molecular complexity index is 171. The van der Waals surface area contributed by atoms with Crippen LogP contribution in [0.15, 0.2) is 12.8 Å². The van der Waals surface area contributed by atoms with Gasteiger partial charge in [-0.1, -0.05) is 6.58 Å². The molecule has 13 heavy (non-hydrogen) atoms. The van der Waals surface area contributed by atoms with Crippen molar-refractivity contribution < 1.29 is 18.3 Å². The van der Waals surface area contributed by atoms with Crippen molar-refractivity contribution in [3.8, 4) is 0 Å². The quantitative estimate of drug-likeness (QED) is 0.349. The molecule has 0 rings (SSSR count). The minimum Gasteiger partial charge on any atom is -0.501 e. The van der Waals surface area contributed by atoms with E-state index in [1.54, 1.807) is 13.8 Å². The fourth-order valence-electron chi connectivity index (χ4n) is 0.808. The highest BCUT2D eigenvalue weighted by Crippen LogP contribution is 2.47. The Morgan fingerprint density at radius 3 is 2.23 bits per heavy atom. The largest absolute Gasteiger partial charge is 0.501 e. The fraction of sp³-hybridized carbons (Fsp3) is 0.750. The second kappa shape index (κ2) is 7.13. The molecule has 0 atom stereocenters. The van der Waals surface area contributed by atoms with E-state index in [4.69, 9.17) is 13.8 Å². The molecule has 4 nitrogen and oxygen atoms in total. The first-order valence-electron chi connectivity index (χ1n) is 4.29. The molecule has 0 saturated heterocycles. The van der Waals surface area contributed by atoms with Gasteiger partial charge in [0, 0.05) is 0 Å². The number of rotatable bonds is 8. The third-order valence-corrected chi connectivity index (χ3v) is 3.29. The highest BCUT2D eigenvalue weighted by atomic mass is 31.2. The van der Waals surface area contributed by atoms with Crippen LogP contribution in [0.1, 0.15) is 13.8 Å². The molecule has 0 aromatic rings. The van der Waals surface area contributed by atoms with Gasteiger partial charge in [-0.05, 0) is 13.8 Å². The third-order valence-electron chi connectivity index (χ3n) is 1.25. The van der Waals surface area contributed by atoms with E-state index in [-0.39, 0.29) is 6.16 Å². The molecule has 0 heterocycles. The molecule has 0 fully saturated rings. The lowest BCUT2D eigenvalue weighted by atomic mass is 10.8. The van der Waals surface area contributed by atoms with Crippen molar-refractivity contribution in [1.82, 2.24) is 0 Å². The lowest BCUT2D eigenvalue weighted by molar-refractivity contribution is 0.205. The van der Waals surface area contributed by atoms with Gasteiger partial charge >= 0.3 is 7.60 Å². The van der Waals surface area contributed by atoms with Crippen molar-refractivity contribution in [2.45, 2.75) is 13.8 Å². The van der Waals surface area contributed by atoms with Gasteiger partial charge in [0.1, 0.15) is 0 Å². The monoisotopic (exact) mass is 208 g/mol. The molecule has 0 spiro atoms. The zero-order valence-corrected chi connectivity index (χ0v) is 9.09. The third kappa shape index (κ3) is 5.86. The van der Waals surface area contributed by atoms with E-state index in [9.17, 15) is 4.57 Å². The normalized spacial score (nSPS) is 11.2. The molecule has 0 amide bonds. The van der Waals surface area contributed by atoms with Crippen LogP contribution in [-0.4, -0.2) is 26.0 Å². The Kier molecular flexibility index (Phi) is 6.96. The summed E-state index contributed by atoms with van der Waals surface area (Å²) in [5.41, 5.74) is 0. The zero-order valence-electron chi connectivity index (χ0n) is 8.19. The van der Waals surface area contributed by atoms with Gasteiger partial charge in [-0.15, -0.1) is 0 Å². The van der Waals surface area contributed by atoms with E-state index in [1.807, 2.05) is 0 Å². The van der Waals surface area contributed by atoms with Crippen LogP contribution < -0.4 is 0 Å². The van der Waals surface area contributed by atoms with Gasteiger partial charge in [-0.25, -0.2) is 0 Å². The molecule has 0 N–H and O–H groups in total. The fourth-order valence-corrected chi connectivity index (χ4v) is 2.26. The first kappa shape index (κ1) is 12.7. The summed E-state index contributed by atoms with van der Waals surface area (Å²) in [7, 11) is -2.92. The Labute approximate surface area is 79.4 Å². The van der Waals surface area contributed by atoms with Crippen LogP contribution in [0, 0.1) is 0 Å². The first-order valence-corrected chi connectivity index (χ1v) is 6.02. The van der Waals surface area contributed by atoms with Gasteiger partial charge in [0.15, 0.2) is 0 Å². The average Bonchev–Trinajstić information content (AvgIpc) is 2.05. The summed E-state index contributed by atoms with van der Waals surface area (Å²) in [6, 6.07) is 0. The summed E-state index contributed by atoms with van der Waals surface area (Å²) < 4.78 is 26.7. The van der Waals surface area contributed by atoms with E-state index < -0.39 is 7.60 Å². The van der Waals surface area contributed by atoms with Crippen LogP contribution in [0.3, 0.4) is 0 Å². The van der Waals surface area contributed by atoms with Crippen molar-refractivity contribution in [1.29, 1.82) is 0 Å². The summed E-state index contributed by atoms with van der Waals surface area (Å²) in [5, 5.41) is 0. The molecule has 5 heteroatoms. The predicted molar refractivity (Wildman–Crippen MR) is 51.9 cm³/mol. The molecular formula is C8H17O4P. The smallest absolute Gasteiger partial charge is 0.334 e. The Morgan fingerprint density at radius 1 is 1.31 bits per heavy atom. The maximum absolute atomic E-state index is 11.7. The predicted octanol–water partition coefficient (Wildman–Crippen LogP) is 2.41. The minimum atomic E-state index is -2.92. The van der Waals surface area contributed by atoms with E-state index in [0.29, 0.717) is 19.8 Å². The van der Waals surface area contributed by atoms with Gasteiger partial charge in [0.25, 0.3) is 0 Å². The van der Waals surface area contributed by atoms with Crippen molar-refractivity contribution in [3.05, 3.63) is 12.8 Å². The van der Waals surface area contributed by atoms with E-state index in [1.165, 1.54) is 6.26 Å². The average molecular weight is 208 g/mol. The summed E-state index contributed by atoms with van der Waals surface area (Å²) in [6.45, 7) is 8.00. The van der Waals surface area contributed by atoms with Gasteiger partial charge in [0.05, 0.1) is 32.2 Å². The summed E-state index contributed by atoms with van der Waals surface area (Å²) >= 11 is 0. The molecular weight excluding hydrogens is 191 g/mol. The van der Waals surface area contributed by atoms with Crippen molar-refractivity contribution >= 4 is 7.60 Å². The van der Waals surface area contributed by atoms with E-state index in [2.05, 4.69) is 6.58 Å². The molecule has 0 aliphatic carbocycles. The highest BCUT2D eigenvalue weighted by Gasteiger charge is 2.22. The van der Waals surface area contributed by atoms with Crippen LogP contribution in [0.4, 0.5) is 0 Å². The zero-order chi connectivity index (χ0) is 10.2. The molecule has 0 radical (unpaired) electrons. The number of hydrogen-bond acceptors (Lipinski definition) is 4. The minimum absolute atomic E-state index is 0.265.